The van der Waals surface area contributed by atoms with Gasteiger partial charge >= 0.3 is 11.9 Å². The Morgan fingerprint density at radius 1 is 0.957 bits per heavy atom. The quantitative estimate of drug-likeness (QED) is 0.285. The van der Waals surface area contributed by atoms with Gasteiger partial charge in [-0.25, -0.2) is 4.79 Å². The van der Waals surface area contributed by atoms with Crippen molar-refractivity contribution >= 4 is 11.9 Å². The van der Waals surface area contributed by atoms with Gasteiger partial charge in [-0.2, -0.15) is 0 Å². The van der Waals surface area contributed by atoms with Crippen LogP contribution in [0.5, 0.6) is 0 Å². The van der Waals surface area contributed by atoms with E-state index in [9.17, 15) is 9.59 Å². The van der Waals surface area contributed by atoms with E-state index >= 15 is 0 Å². The Bertz CT molecular complexity index is 383. The minimum Gasteiger partial charge on any atom is -0.478 e. The fraction of sp³-hybridized carbons (Fsp3) is 0.789. The molecule has 0 atom stereocenters. The van der Waals surface area contributed by atoms with Crippen LogP contribution >= 0.6 is 0 Å². The highest BCUT2D eigenvalue weighted by Crippen LogP contribution is 2.21. The minimum atomic E-state index is -1.02. The molecular weight excluding hydrogens is 292 g/mol. The molecule has 0 aliphatic carbocycles. The normalized spacial score (nSPS) is 12.3. The Morgan fingerprint density at radius 2 is 1.43 bits per heavy atom. The van der Waals surface area contributed by atoms with E-state index in [4.69, 9.17) is 9.84 Å². The van der Waals surface area contributed by atoms with E-state index in [2.05, 4.69) is 6.92 Å². The average molecular weight is 326 g/mol. The van der Waals surface area contributed by atoms with Crippen LogP contribution in [0.2, 0.25) is 0 Å². The Kier molecular flexibility index (Phi) is 11.4. The van der Waals surface area contributed by atoms with Gasteiger partial charge in [-0.1, -0.05) is 58.3 Å². The summed E-state index contributed by atoms with van der Waals surface area (Å²) in [5.41, 5.74) is -0.334. The number of esters is 1. The summed E-state index contributed by atoms with van der Waals surface area (Å²) in [7, 11) is 0. The highest BCUT2D eigenvalue weighted by Gasteiger charge is 2.25. The molecule has 0 unspecified atom stereocenters. The third kappa shape index (κ3) is 11.8. The van der Waals surface area contributed by atoms with E-state index in [1.165, 1.54) is 44.9 Å². The zero-order valence-electron chi connectivity index (χ0n) is 15.3. The first-order chi connectivity index (χ1) is 10.8. The molecule has 0 rings (SSSR count). The second-order valence-corrected chi connectivity index (χ2v) is 6.73. The second-order valence-electron chi connectivity index (χ2n) is 6.73. The van der Waals surface area contributed by atoms with Crippen molar-refractivity contribution in [2.45, 2.75) is 97.5 Å². The monoisotopic (exact) mass is 326 g/mol. The molecule has 0 aliphatic rings. The number of rotatable bonds is 13. The van der Waals surface area contributed by atoms with Crippen molar-refractivity contribution in [2.24, 2.45) is 0 Å². The molecule has 0 bridgehead atoms. The van der Waals surface area contributed by atoms with Crippen LogP contribution in [0.3, 0.4) is 0 Å². The van der Waals surface area contributed by atoms with Gasteiger partial charge in [-0.15, -0.1) is 0 Å². The summed E-state index contributed by atoms with van der Waals surface area (Å²) in [6.45, 7) is 7.32. The number of ether oxygens (including phenoxy) is 1. The Labute approximate surface area is 141 Å². The molecule has 1 N–H and O–H groups in total. The number of unbranched alkanes of at least 4 members (excludes halogenated alkanes) is 8. The second kappa shape index (κ2) is 12.1. The average Bonchev–Trinajstić information content (AvgIpc) is 2.44. The van der Waals surface area contributed by atoms with E-state index in [0.29, 0.717) is 12.0 Å². The molecule has 0 saturated heterocycles. The summed E-state index contributed by atoms with van der Waals surface area (Å²) in [5.74, 6) is -1.28. The number of hydrogen-bond donors (Lipinski definition) is 1. The first kappa shape index (κ1) is 21.7. The van der Waals surface area contributed by atoms with Crippen molar-refractivity contribution in [1.82, 2.24) is 0 Å². The van der Waals surface area contributed by atoms with Gasteiger partial charge in [-0.3, -0.25) is 4.79 Å². The zero-order valence-corrected chi connectivity index (χ0v) is 15.3. The molecule has 0 aromatic rings. The lowest BCUT2D eigenvalue weighted by Gasteiger charge is -2.26. The molecule has 0 aromatic carbocycles. The lowest BCUT2D eigenvalue weighted by molar-refractivity contribution is -0.153. The highest BCUT2D eigenvalue weighted by molar-refractivity contribution is 5.81. The summed E-state index contributed by atoms with van der Waals surface area (Å²) < 4.78 is 5.40. The lowest BCUT2D eigenvalue weighted by atomic mass is 9.99. The minimum absolute atomic E-state index is 0.254. The van der Waals surface area contributed by atoms with E-state index in [1.807, 2.05) is 0 Å². The molecule has 0 aromatic heterocycles. The number of aliphatic carboxylic acids is 1. The maximum absolute atomic E-state index is 11.9. The summed E-state index contributed by atoms with van der Waals surface area (Å²) in [6, 6.07) is 0. The van der Waals surface area contributed by atoms with Gasteiger partial charge in [-0.05, 0) is 32.8 Å². The first-order valence-electron chi connectivity index (χ1n) is 8.93. The fourth-order valence-corrected chi connectivity index (χ4v) is 2.36. The van der Waals surface area contributed by atoms with Gasteiger partial charge in [0.2, 0.25) is 0 Å². The number of hydrogen-bond acceptors (Lipinski definition) is 3. The highest BCUT2D eigenvalue weighted by atomic mass is 16.6. The van der Waals surface area contributed by atoms with E-state index < -0.39 is 11.6 Å². The van der Waals surface area contributed by atoms with Crippen LogP contribution in [0.1, 0.15) is 91.9 Å². The van der Waals surface area contributed by atoms with Gasteiger partial charge in [0.15, 0.2) is 0 Å². The number of carboxylic acid groups (broad SMARTS) is 1. The molecule has 23 heavy (non-hydrogen) atoms. The third-order valence-corrected chi connectivity index (χ3v) is 4.14. The predicted octanol–water partition coefficient (Wildman–Crippen LogP) is 5.26. The van der Waals surface area contributed by atoms with Crippen molar-refractivity contribution < 1.29 is 19.4 Å². The van der Waals surface area contributed by atoms with Crippen LogP contribution in [0.15, 0.2) is 11.6 Å². The third-order valence-electron chi connectivity index (χ3n) is 4.14. The Balaban J connectivity index is 3.80. The van der Waals surface area contributed by atoms with Gasteiger partial charge < -0.3 is 9.84 Å². The molecule has 0 fully saturated rings. The van der Waals surface area contributed by atoms with Crippen molar-refractivity contribution in [3.63, 3.8) is 0 Å². The summed E-state index contributed by atoms with van der Waals surface area (Å²) in [6.07, 6.45) is 12.3. The molecule has 0 spiro atoms. The molecule has 0 aliphatic heterocycles. The van der Waals surface area contributed by atoms with Gasteiger partial charge in [0.05, 0.1) is 0 Å². The maximum atomic E-state index is 11.9. The Morgan fingerprint density at radius 3 is 1.91 bits per heavy atom. The summed E-state index contributed by atoms with van der Waals surface area (Å²) in [5, 5.41) is 8.76. The van der Waals surface area contributed by atoms with Crippen molar-refractivity contribution in [2.75, 3.05) is 0 Å². The first-order valence-corrected chi connectivity index (χ1v) is 8.93. The molecule has 134 valence electrons. The van der Waals surface area contributed by atoms with E-state index in [-0.39, 0.29) is 5.97 Å². The van der Waals surface area contributed by atoms with Crippen LogP contribution in [0.4, 0.5) is 0 Å². The lowest BCUT2D eigenvalue weighted by Crippen LogP contribution is -2.29. The fourth-order valence-electron chi connectivity index (χ4n) is 2.36. The summed E-state index contributed by atoms with van der Waals surface area (Å²) in [4.78, 5) is 22.5. The van der Waals surface area contributed by atoms with E-state index in [1.54, 1.807) is 20.8 Å². The van der Waals surface area contributed by atoms with Crippen LogP contribution in [0.25, 0.3) is 0 Å². The standard InChI is InChI=1S/C19H34O4/c1-5-6-7-8-9-10-11-12-13-14-18(22)23-19(3,4)16(2)15-17(20)21/h15H,5-14H2,1-4H3,(H,20,21)/b16-15+. The van der Waals surface area contributed by atoms with Crippen molar-refractivity contribution in [1.29, 1.82) is 0 Å². The van der Waals surface area contributed by atoms with Crippen molar-refractivity contribution in [3.8, 4) is 0 Å². The predicted molar refractivity (Wildman–Crippen MR) is 93.4 cm³/mol. The van der Waals surface area contributed by atoms with Crippen LogP contribution in [-0.4, -0.2) is 22.6 Å². The zero-order chi connectivity index (χ0) is 17.7. The van der Waals surface area contributed by atoms with Gasteiger partial charge in [0, 0.05) is 12.5 Å². The van der Waals surface area contributed by atoms with Crippen molar-refractivity contribution in [3.05, 3.63) is 11.6 Å². The number of carbonyl (C=O) groups excluding carboxylic acids is 1. The van der Waals surface area contributed by atoms with Crippen LogP contribution in [0, 0.1) is 0 Å². The largest absolute Gasteiger partial charge is 0.478 e. The SMILES string of the molecule is CCCCCCCCCCCC(=O)OC(C)(C)/C(C)=C/C(=O)O. The Hall–Kier alpha value is -1.32. The molecule has 4 heteroatoms. The number of carboxylic acids is 1. The smallest absolute Gasteiger partial charge is 0.328 e. The number of carbonyl (C=O) groups is 2. The molecular formula is C19H34O4. The molecule has 0 saturated carbocycles. The van der Waals surface area contributed by atoms with E-state index in [0.717, 1.165) is 18.9 Å². The molecule has 0 heterocycles. The maximum Gasteiger partial charge on any atom is 0.328 e. The van der Waals surface area contributed by atoms with Crippen LogP contribution < -0.4 is 0 Å². The topological polar surface area (TPSA) is 63.6 Å². The van der Waals surface area contributed by atoms with Crippen LogP contribution in [-0.2, 0) is 14.3 Å². The van der Waals surface area contributed by atoms with Gasteiger partial charge in [0.1, 0.15) is 5.60 Å². The molecule has 0 amide bonds. The molecule has 4 nitrogen and oxygen atoms in total. The molecule has 0 radical (unpaired) electrons. The van der Waals surface area contributed by atoms with Gasteiger partial charge in [0.25, 0.3) is 0 Å². The summed E-state index contributed by atoms with van der Waals surface area (Å²) >= 11 is 0.